The zero-order chi connectivity index (χ0) is 15.2. The number of hydrogen-bond acceptors (Lipinski definition) is 4. The Bertz CT molecular complexity index is 614. The molecule has 2 aromatic rings. The first-order valence-corrected chi connectivity index (χ1v) is 8.01. The van der Waals surface area contributed by atoms with Gasteiger partial charge in [0, 0.05) is 29.1 Å². The number of hydrogen-bond donors (Lipinski definition) is 1. The molecule has 21 heavy (non-hydrogen) atoms. The summed E-state index contributed by atoms with van der Waals surface area (Å²) in [5.74, 6) is 0.639. The average molecular weight is 370 g/mol. The summed E-state index contributed by atoms with van der Waals surface area (Å²) in [6.45, 7) is 0.380. The number of methoxy groups -OCH3 is 2. The Kier molecular flexibility index (Phi) is 5.78. The lowest BCUT2D eigenvalue weighted by molar-refractivity contribution is 0.0822. The molecule has 1 atom stereocenters. The maximum Gasteiger partial charge on any atom is 0.261 e. The molecule has 0 aliphatic rings. The minimum absolute atomic E-state index is 0.109. The second kappa shape index (κ2) is 7.59. The first-order chi connectivity index (χ1) is 10.2. The number of rotatable bonds is 6. The number of thiophene rings is 1. The van der Waals surface area contributed by atoms with Crippen molar-refractivity contribution in [3.63, 3.8) is 0 Å². The molecule has 1 heterocycles. The van der Waals surface area contributed by atoms with Crippen LogP contribution in [0.15, 0.2) is 40.2 Å². The summed E-state index contributed by atoms with van der Waals surface area (Å²) < 4.78 is 11.7. The van der Waals surface area contributed by atoms with E-state index in [9.17, 15) is 4.79 Å². The van der Waals surface area contributed by atoms with Gasteiger partial charge in [-0.1, -0.05) is 18.2 Å². The molecule has 0 aliphatic heterocycles. The van der Waals surface area contributed by atoms with Crippen molar-refractivity contribution < 1.29 is 14.3 Å². The fraction of sp³-hybridized carbons (Fsp3) is 0.267. The Morgan fingerprint density at radius 2 is 2.14 bits per heavy atom. The molecule has 0 spiro atoms. The molecule has 0 saturated carbocycles. The fourth-order valence-corrected chi connectivity index (χ4v) is 3.30. The second-order valence-corrected chi connectivity index (χ2v) is 6.13. The fourth-order valence-electron chi connectivity index (χ4n) is 1.96. The SMILES string of the molecule is COc1ccccc1C(CNC(=O)c1cc(Br)cs1)OC. The highest BCUT2D eigenvalue weighted by atomic mass is 79.9. The number of para-hydroxylation sites is 1. The van der Waals surface area contributed by atoms with Crippen molar-refractivity contribution in [3.8, 4) is 5.75 Å². The molecule has 0 radical (unpaired) electrons. The standard InChI is InChI=1S/C15H16BrNO3S/c1-19-12-6-4-3-5-11(12)13(20-2)8-17-15(18)14-7-10(16)9-21-14/h3-7,9,13H,8H2,1-2H3,(H,17,18). The van der Waals surface area contributed by atoms with Crippen LogP contribution in [0.25, 0.3) is 0 Å². The van der Waals surface area contributed by atoms with Crippen LogP contribution in [-0.4, -0.2) is 26.7 Å². The van der Waals surface area contributed by atoms with E-state index in [0.29, 0.717) is 11.4 Å². The number of halogens is 1. The predicted molar refractivity (Wildman–Crippen MR) is 87.1 cm³/mol. The molecular formula is C15H16BrNO3S. The molecule has 0 bridgehead atoms. The lowest BCUT2D eigenvalue weighted by Crippen LogP contribution is -2.28. The van der Waals surface area contributed by atoms with E-state index in [1.165, 1.54) is 11.3 Å². The highest BCUT2D eigenvalue weighted by molar-refractivity contribution is 9.10. The van der Waals surface area contributed by atoms with Gasteiger partial charge in [0.25, 0.3) is 5.91 Å². The molecule has 4 nitrogen and oxygen atoms in total. The number of carbonyl (C=O) groups is 1. The summed E-state index contributed by atoms with van der Waals surface area (Å²) >= 11 is 4.73. The molecular weight excluding hydrogens is 354 g/mol. The molecule has 1 N–H and O–H groups in total. The summed E-state index contributed by atoms with van der Waals surface area (Å²) in [6.07, 6.45) is -0.256. The maximum absolute atomic E-state index is 12.1. The van der Waals surface area contributed by atoms with Crippen LogP contribution in [0.5, 0.6) is 5.75 Å². The highest BCUT2D eigenvalue weighted by Crippen LogP contribution is 2.26. The molecule has 112 valence electrons. The van der Waals surface area contributed by atoms with Crippen molar-refractivity contribution in [2.24, 2.45) is 0 Å². The van der Waals surface area contributed by atoms with Crippen LogP contribution in [0.4, 0.5) is 0 Å². The zero-order valence-corrected chi connectivity index (χ0v) is 14.2. The first kappa shape index (κ1) is 16.0. The van der Waals surface area contributed by atoms with Crippen molar-refractivity contribution in [2.45, 2.75) is 6.10 Å². The molecule has 1 aromatic heterocycles. The Morgan fingerprint density at radius 3 is 2.76 bits per heavy atom. The van der Waals surface area contributed by atoms with Gasteiger partial charge in [-0.15, -0.1) is 11.3 Å². The third-order valence-corrected chi connectivity index (χ3v) is 4.70. The van der Waals surface area contributed by atoms with Gasteiger partial charge in [-0.3, -0.25) is 4.79 Å². The minimum atomic E-state index is -0.256. The maximum atomic E-state index is 12.1. The van der Waals surface area contributed by atoms with Crippen molar-refractivity contribution >= 4 is 33.2 Å². The van der Waals surface area contributed by atoms with E-state index >= 15 is 0 Å². The van der Waals surface area contributed by atoms with Crippen LogP contribution in [0.1, 0.15) is 21.3 Å². The van der Waals surface area contributed by atoms with E-state index in [0.717, 1.165) is 15.8 Å². The first-order valence-electron chi connectivity index (χ1n) is 6.33. The van der Waals surface area contributed by atoms with Crippen LogP contribution in [0.2, 0.25) is 0 Å². The minimum Gasteiger partial charge on any atom is -0.496 e. The Balaban J connectivity index is 2.04. The number of ether oxygens (including phenoxy) is 2. The third-order valence-electron chi connectivity index (χ3n) is 3.01. The molecule has 1 unspecified atom stereocenters. The van der Waals surface area contributed by atoms with Crippen molar-refractivity contribution in [2.75, 3.05) is 20.8 Å². The van der Waals surface area contributed by atoms with Crippen molar-refractivity contribution in [1.29, 1.82) is 0 Å². The van der Waals surface area contributed by atoms with Crippen molar-refractivity contribution in [3.05, 3.63) is 50.6 Å². The quantitative estimate of drug-likeness (QED) is 0.845. The summed E-state index contributed by atoms with van der Waals surface area (Å²) in [5, 5.41) is 4.76. The Morgan fingerprint density at radius 1 is 1.38 bits per heavy atom. The number of nitrogens with one attached hydrogen (secondary N) is 1. The molecule has 1 aromatic carbocycles. The van der Waals surface area contributed by atoms with E-state index in [-0.39, 0.29) is 12.0 Å². The van der Waals surface area contributed by atoms with E-state index < -0.39 is 0 Å². The van der Waals surface area contributed by atoms with Crippen LogP contribution >= 0.6 is 27.3 Å². The second-order valence-electron chi connectivity index (χ2n) is 4.31. The number of carbonyl (C=O) groups excluding carboxylic acids is 1. The summed E-state index contributed by atoms with van der Waals surface area (Å²) in [5.41, 5.74) is 0.912. The zero-order valence-electron chi connectivity index (χ0n) is 11.8. The molecule has 6 heteroatoms. The molecule has 0 aliphatic carbocycles. The van der Waals surface area contributed by atoms with Crippen LogP contribution < -0.4 is 10.1 Å². The number of amides is 1. The van der Waals surface area contributed by atoms with E-state index in [2.05, 4.69) is 21.2 Å². The smallest absolute Gasteiger partial charge is 0.261 e. The summed E-state index contributed by atoms with van der Waals surface area (Å²) in [4.78, 5) is 12.7. The van der Waals surface area contributed by atoms with Gasteiger partial charge in [-0.2, -0.15) is 0 Å². The molecule has 0 saturated heterocycles. The normalized spacial score (nSPS) is 12.0. The van der Waals surface area contributed by atoms with E-state index in [4.69, 9.17) is 9.47 Å². The predicted octanol–water partition coefficient (Wildman–Crippen LogP) is 3.64. The molecule has 0 fully saturated rings. The van der Waals surface area contributed by atoms with Gasteiger partial charge in [0.15, 0.2) is 0 Å². The van der Waals surface area contributed by atoms with Gasteiger partial charge in [-0.25, -0.2) is 0 Å². The van der Waals surface area contributed by atoms with Gasteiger partial charge >= 0.3 is 0 Å². The van der Waals surface area contributed by atoms with Gasteiger partial charge < -0.3 is 14.8 Å². The van der Waals surface area contributed by atoms with Gasteiger partial charge in [0.1, 0.15) is 11.9 Å². The lowest BCUT2D eigenvalue weighted by atomic mass is 10.1. The van der Waals surface area contributed by atoms with E-state index in [1.54, 1.807) is 20.3 Å². The lowest BCUT2D eigenvalue weighted by Gasteiger charge is -2.18. The highest BCUT2D eigenvalue weighted by Gasteiger charge is 2.17. The largest absolute Gasteiger partial charge is 0.496 e. The monoisotopic (exact) mass is 369 g/mol. The number of benzene rings is 1. The van der Waals surface area contributed by atoms with Crippen LogP contribution in [0, 0.1) is 0 Å². The topological polar surface area (TPSA) is 47.6 Å². The Hall–Kier alpha value is -1.37. The third kappa shape index (κ3) is 4.06. The van der Waals surface area contributed by atoms with Crippen LogP contribution in [0.3, 0.4) is 0 Å². The van der Waals surface area contributed by atoms with Crippen LogP contribution in [-0.2, 0) is 4.74 Å². The van der Waals surface area contributed by atoms with Gasteiger partial charge in [0.2, 0.25) is 0 Å². The summed E-state index contributed by atoms with van der Waals surface area (Å²) in [6, 6.07) is 9.42. The van der Waals surface area contributed by atoms with Crippen molar-refractivity contribution in [1.82, 2.24) is 5.32 Å². The molecule has 1 amide bonds. The average Bonchev–Trinajstić information content (AvgIpc) is 2.94. The summed E-state index contributed by atoms with van der Waals surface area (Å²) in [7, 11) is 3.23. The van der Waals surface area contributed by atoms with E-state index in [1.807, 2.05) is 29.6 Å². The Labute approximate surface area is 136 Å². The van der Waals surface area contributed by atoms with Gasteiger partial charge in [-0.05, 0) is 28.1 Å². The van der Waals surface area contributed by atoms with Gasteiger partial charge in [0.05, 0.1) is 12.0 Å². The molecule has 2 rings (SSSR count).